The van der Waals surface area contributed by atoms with E-state index in [0.29, 0.717) is 6.42 Å². The maximum Gasteiger partial charge on any atom is 0.163 e. The largest absolute Gasteiger partial charge is 0.294 e. The first kappa shape index (κ1) is 14.3. The molecule has 0 fully saturated rings. The first-order valence-corrected chi connectivity index (χ1v) is 7.04. The van der Waals surface area contributed by atoms with Crippen molar-refractivity contribution in [2.45, 2.75) is 19.3 Å². The molecule has 1 nitrogen and oxygen atoms in total. The molecule has 2 rings (SSSR count). The van der Waals surface area contributed by atoms with Gasteiger partial charge in [0.1, 0.15) is 0 Å². The Bertz CT molecular complexity index is 542. The normalized spacial score (nSPS) is 11.8. The van der Waals surface area contributed by atoms with Crippen LogP contribution in [0.2, 0.25) is 0 Å². The van der Waals surface area contributed by atoms with Gasteiger partial charge in [0.15, 0.2) is 5.78 Å². The van der Waals surface area contributed by atoms with Crippen molar-refractivity contribution in [1.29, 1.82) is 0 Å². The van der Waals surface area contributed by atoms with Crippen LogP contribution in [-0.2, 0) is 6.42 Å². The Morgan fingerprint density at radius 1 is 1.00 bits per heavy atom. The third-order valence-corrected chi connectivity index (χ3v) is 3.52. The Morgan fingerprint density at radius 2 is 1.60 bits per heavy atom. The maximum absolute atomic E-state index is 12.2. The molecule has 2 aromatic rings. The van der Waals surface area contributed by atoms with Crippen molar-refractivity contribution in [3.63, 3.8) is 0 Å². The molecule has 2 aromatic carbocycles. The van der Waals surface area contributed by atoms with E-state index in [1.165, 1.54) is 5.56 Å². The molecule has 0 saturated heterocycles. The maximum atomic E-state index is 12.2. The van der Waals surface area contributed by atoms with Gasteiger partial charge in [-0.1, -0.05) is 66.7 Å². The van der Waals surface area contributed by atoms with Gasteiger partial charge in [-0.2, -0.15) is 0 Å². The van der Waals surface area contributed by atoms with Crippen LogP contribution in [-0.4, -0.2) is 5.78 Å². The number of rotatable bonds is 7. The van der Waals surface area contributed by atoms with Crippen LogP contribution in [0.5, 0.6) is 0 Å². The SMILES string of the molecule is C=C[C@H](CCc1ccccc1)CC(=O)c1ccccc1. The fraction of sp³-hybridized carbons (Fsp3) is 0.211. The van der Waals surface area contributed by atoms with Crippen molar-refractivity contribution in [3.05, 3.63) is 84.4 Å². The van der Waals surface area contributed by atoms with Gasteiger partial charge in [-0.25, -0.2) is 0 Å². The molecular weight excluding hydrogens is 244 g/mol. The number of carbonyl (C=O) groups is 1. The molecule has 102 valence electrons. The monoisotopic (exact) mass is 264 g/mol. The number of allylic oxidation sites excluding steroid dienone is 1. The molecule has 0 unspecified atom stereocenters. The van der Waals surface area contributed by atoms with Crippen molar-refractivity contribution >= 4 is 5.78 Å². The van der Waals surface area contributed by atoms with Crippen LogP contribution >= 0.6 is 0 Å². The zero-order valence-corrected chi connectivity index (χ0v) is 11.7. The average Bonchev–Trinajstić information content (AvgIpc) is 2.53. The van der Waals surface area contributed by atoms with E-state index in [-0.39, 0.29) is 11.7 Å². The standard InChI is InChI=1S/C19H20O/c1-2-16(13-14-17-9-5-3-6-10-17)15-19(20)18-11-7-4-8-12-18/h2-12,16H,1,13-15H2/t16-/m1/s1. The molecular formula is C19H20O. The topological polar surface area (TPSA) is 17.1 Å². The summed E-state index contributed by atoms with van der Waals surface area (Å²) < 4.78 is 0. The minimum absolute atomic E-state index is 0.198. The summed E-state index contributed by atoms with van der Waals surface area (Å²) in [4.78, 5) is 12.2. The van der Waals surface area contributed by atoms with Crippen molar-refractivity contribution in [1.82, 2.24) is 0 Å². The van der Waals surface area contributed by atoms with E-state index in [4.69, 9.17) is 0 Å². The van der Waals surface area contributed by atoms with E-state index in [1.54, 1.807) is 0 Å². The highest BCUT2D eigenvalue weighted by Crippen LogP contribution is 2.17. The molecule has 20 heavy (non-hydrogen) atoms. The van der Waals surface area contributed by atoms with Gasteiger partial charge in [-0.15, -0.1) is 6.58 Å². The Labute approximate surface area is 121 Å². The number of hydrogen-bond acceptors (Lipinski definition) is 1. The fourth-order valence-electron chi connectivity index (χ4n) is 2.28. The van der Waals surface area contributed by atoms with Gasteiger partial charge < -0.3 is 0 Å². The quantitative estimate of drug-likeness (QED) is 0.523. The van der Waals surface area contributed by atoms with Gasteiger partial charge in [-0.3, -0.25) is 4.79 Å². The Morgan fingerprint density at radius 3 is 2.20 bits per heavy atom. The average molecular weight is 264 g/mol. The third-order valence-electron chi connectivity index (χ3n) is 3.52. The van der Waals surface area contributed by atoms with Crippen LogP contribution in [0.1, 0.15) is 28.8 Å². The molecule has 0 aliphatic carbocycles. The second-order valence-corrected chi connectivity index (χ2v) is 5.01. The molecule has 1 atom stereocenters. The van der Waals surface area contributed by atoms with Gasteiger partial charge in [0, 0.05) is 12.0 Å². The number of aryl methyl sites for hydroxylation is 1. The van der Waals surface area contributed by atoms with Crippen LogP contribution in [0, 0.1) is 5.92 Å². The number of hydrogen-bond donors (Lipinski definition) is 0. The Kier molecular flexibility index (Phi) is 5.31. The number of carbonyl (C=O) groups excluding carboxylic acids is 1. The van der Waals surface area contributed by atoms with Crippen LogP contribution in [0.4, 0.5) is 0 Å². The summed E-state index contributed by atoms with van der Waals surface area (Å²) in [5, 5.41) is 0. The lowest BCUT2D eigenvalue weighted by atomic mass is 9.92. The molecule has 0 aliphatic rings. The smallest absolute Gasteiger partial charge is 0.163 e. The molecule has 0 heterocycles. The van der Waals surface area contributed by atoms with E-state index >= 15 is 0 Å². The van der Waals surface area contributed by atoms with Gasteiger partial charge in [-0.05, 0) is 24.3 Å². The van der Waals surface area contributed by atoms with Gasteiger partial charge in [0.25, 0.3) is 0 Å². The molecule has 0 bridgehead atoms. The van der Waals surface area contributed by atoms with Gasteiger partial charge in [0.05, 0.1) is 0 Å². The summed E-state index contributed by atoms with van der Waals surface area (Å²) in [7, 11) is 0. The van der Waals surface area contributed by atoms with Crippen LogP contribution < -0.4 is 0 Å². The van der Waals surface area contributed by atoms with Crippen LogP contribution in [0.3, 0.4) is 0 Å². The van der Waals surface area contributed by atoms with Crippen molar-refractivity contribution in [2.24, 2.45) is 5.92 Å². The van der Waals surface area contributed by atoms with Crippen molar-refractivity contribution in [3.8, 4) is 0 Å². The molecule has 0 radical (unpaired) electrons. The predicted octanol–water partition coefficient (Wildman–Crippen LogP) is 4.69. The van der Waals surface area contributed by atoms with E-state index < -0.39 is 0 Å². The minimum atomic E-state index is 0.198. The Balaban J connectivity index is 1.89. The Hall–Kier alpha value is -2.15. The third kappa shape index (κ3) is 4.20. The van der Waals surface area contributed by atoms with Crippen LogP contribution in [0.15, 0.2) is 73.3 Å². The highest BCUT2D eigenvalue weighted by atomic mass is 16.1. The zero-order chi connectivity index (χ0) is 14.2. The van der Waals surface area contributed by atoms with E-state index in [2.05, 4.69) is 18.7 Å². The summed E-state index contributed by atoms with van der Waals surface area (Å²) in [6.07, 6.45) is 4.40. The summed E-state index contributed by atoms with van der Waals surface area (Å²) in [6.45, 7) is 3.87. The highest BCUT2D eigenvalue weighted by molar-refractivity contribution is 5.96. The van der Waals surface area contributed by atoms with E-state index in [9.17, 15) is 4.79 Å². The summed E-state index contributed by atoms with van der Waals surface area (Å²) in [5.74, 6) is 0.437. The molecule has 0 spiro atoms. The van der Waals surface area contributed by atoms with Crippen LogP contribution in [0.25, 0.3) is 0 Å². The van der Waals surface area contributed by atoms with E-state index in [1.807, 2.05) is 54.6 Å². The summed E-state index contributed by atoms with van der Waals surface area (Å²) in [6, 6.07) is 19.9. The van der Waals surface area contributed by atoms with Crippen molar-refractivity contribution in [2.75, 3.05) is 0 Å². The first-order valence-electron chi connectivity index (χ1n) is 7.04. The summed E-state index contributed by atoms with van der Waals surface area (Å²) in [5.41, 5.74) is 2.10. The predicted molar refractivity (Wildman–Crippen MR) is 83.8 cm³/mol. The number of benzene rings is 2. The minimum Gasteiger partial charge on any atom is -0.294 e. The lowest BCUT2D eigenvalue weighted by Crippen LogP contribution is -2.08. The van der Waals surface area contributed by atoms with Gasteiger partial charge in [0.2, 0.25) is 0 Å². The van der Waals surface area contributed by atoms with E-state index in [0.717, 1.165) is 18.4 Å². The number of ketones is 1. The molecule has 1 heteroatoms. The molecule has 0 N–H and O–H groups in total. The number of Topliss-reactive ketones (excluding diaryl/α,β-unsaturated/α-hetero) is 1. The molecule has 0 aromatic heterocycles. The second kappa shape index (κ2) is 7.44. The van der Waals surface area contributed by atoms with Gasteiger partial charge >= 0.3 is 0 Å². The zero-order valence-electron chi connectivity index (χ0n) is 11.7. The summed E-state index contributed by atoms with van der Waals surface area (Å²) >= 11 is 0. The molecule has 0 amide bonds. The highest BCUT2D eigenvalue weighted by Gasteiger charge is 2.12. The lowest BCUT2D eigenvalue weighted by Gasteiger charge is -2.11. The lowest BCUT2D eigenvalue weighted by molar-refractivity contribution is 0.0967. The first-order chi connectivity index (χ1) is 9.79. The van der Waals surface area contributed by atoms with Crippen molar-refractivity contribution < 1.29 is 4.79 Å². The fourth-order valence-corrected chi connectivity index (χ4v) is 2.28. The molecule has 0 saturated carbocycles. The second-order valence-electron chi connectivity index (χ2n) is 5.01. The molecule has 0 aliphatic heterocycles.